The van der Waals surface area contributed by atoms with E-state index >= 15 is 0 Å². The van der Waals surface area contributed by atoms with Gasteiger partial charge in [0.25, 0.3) is 0 Å². The first kappa shape index (κ1) is 16.4. The van der Waals surface area contributed by atoms with Crippen LogP contribution >= 0.6 is 0 Å². The molecule has 21 heavy (non-hydrogen) atoms. The normalized spacial score (nSPS) is 19.1. The SMILES string of the molecule is CCC(NCC1(CC(C)C)CCCC1)c1ccc(F)cn1. The summed E-state index contributed by atoms with van der Waals surface area (Å²) >= 11 is 0. The van der Waals surface area contributed by atoms with Crippen molar-refractivity contribution in [3.8, 4) is 0 Å². The van der Waals surface area contributed by atoms with Gasteiger partial charge >= 0.3 is 0 Å². The number of nitrogens with one attached hydrogen (secondary N) is 1. The van der Waals surface area contributed by atoms with E-state index in [0.717, 1.165) is 24.6 Å². The van der Waals surface area contributed by atoms with E-state index in [-0.39, 0.29) is 11.9 Å². The molecule has 0 aliphatic heterocycles. The van der Waals surface area contributed by atoms with Crippen LogP contribution in [0.4, 0.5) is 4.39 Å². The second-order valence-corrected chi connectivity index (χ2v) is 7.05. The van der Waals surface area contributed by atoms with Crippen LogP contribution < -0.4 is 5.32 Å². The fourth-order valence-corrected chi connectivity index (χ4v) is 3.84. The molecule has 0 aromatic carbocycles. The third kappa shape index (κ3) is 4.50. The van der Waals surface area contributed by atoms with Crippen molar-refractivity contribution in [3.63, 3.8) is 0 Å². The van der Waals surface area contributed by atoms with Crippen molar-refractivity contribution in [3.05, 3.63) is 29.8 Å². The van der Waals surface area contributed by atoms with Gasteiger partial charge in [0, 0.05) is 12.6 Å². The number of halogens is 1. The van der Waals surface area contributed by atoms with Crippen molar-refractivity contribution < 1.29 is 4.39 Å². The van der Waals surface area contributed by atoms with Gasteiger partial charge in [-0.2, -0.15) is 0 Å². The Hall–Kier alpha value is -0.960. The second kappa shape index (κ2) is 7.35. The molecule has 2 rings (SSSR count). The van der Waals surface area contributed by atoms with Crippen LogP contribution in [0.5, 0.6) is 0 Å². The summed E-state index contributed by atoms with van der Waals surface area (Å²) < 4.78 is 13.0. The minimum atomic E-state index is -0.263. The average molecular weight is 292 g/mol. The molecule has 0 saturated heterocycles. The Kier molecular flexibility index (Phi) is 5.74. The Morgan fingerprint density at radius 3 is 2.52 bits per heavy atom. The molecule has 0 bridgehead atoms. The summed E-state index contributed by atoms with van der Waals surface area (Å²) in [5.41, 5.74) is 1.42. The van der Waals surface area contributed by atoms with Crippen molar-refractivity contribution in [1.82, 2.24) is 10.3 Å². The van der Waals surface area contributed by atoms with Crippen molar-refractivity contribution in [2.75, 3.05) is 6.54 Å². The number of pyridine rings is 1. The molecule has 2 nitrogen and oxygen atoms in total. The highest BCUT2D eigenvalue weighted by Gasteiger charge is 2.34. The van der Waals surface area contributed by atoms with Crippen molar-refractivity contribution in [2.24, 2.45) is 11.3 Å². The summed E-state index contributed by atoms with van der Waals surface area (Å²) in [5, 5.41) is 3.71. The largest absolute Gasteiger partial charge is 0.308 e. The summed E-state index contributed by atoms with van der Waals surface area (Å²) in [6, 6.07) is 3.54. The smallest absolute Gasteiger partial charge is 0.141 e. The number of hydrogen-bond acceptors (Lipinski definition) is 2. The molecule has 118 valence electrons. The first-order valence-electron chi connectivity index (χ1n) is 8.39. The van der Waals surface area contributed by atoms with Gasteiger partial charge in [-0.3, -0.25) is 4.98 Å². The number of hydrogen-bond donors (Lipinski definition) is 1. The van der Waals surface area contributed by atoms with Gasteiger partial charge in [0.15, 0.2) is 0 Å². The van der Waals surface area contributed by atoms with Gasteiger partial charge < -0.3 is 5.32 Å². The van der Waals surface area contributed by atoms with E-state index in [4.69, 9.17) is 0 Å². The summed E-state index contributed by atoms with van der Waals surface area (Å²) in [6.07, 6.45) is 9.00. The standard InChI is InChI=1S/C18H29FN2/c1-4-16(17-8-7-15(19)12-20-17)21-13-18(11-14(2)3)9-5-6-10-18/h7-8,12,14,16,21H,4-6,9-11,13H2,1-3H3. The van der Waals surface area contributed by atoms with Gasteiger partial charge in [-0.15, -0.1) is 0 Å². The Morgan fingerprint density at radius 1 is 1.29 bits per heavy atom. The lowest BCUT2D eigenvalue weighted by atomic mass is 9.78. The van der Waals surface area contributed by atoms with Crippen LogP contribution in [0, 0.1) is 17.2 Å². The second-order valence-electron chi connectivity index (χ2n) is 7.05. The highest BCUT2D eigenvalue weighted by Crippen LogP contribution is 2.43. The molecule has 1 aromatic heterocycles. The molecule has 0 radical (unpaired) electrons. The maximum atomic E-state index is 13.0. The van der Waals surface area contributed by atoms with E-state index in [1.807, 2.05) is 0 Å². The monoisotopic (exact) mass is 292 g/mol. The lowest BCUT2D eigenvalue weighted by molar-refractivity contribution is 0.213. The fourth-order valence-electron chi connectivity index (χ4n) is 3.84. The summed E-state index contributed by atoms with van der Waals surface area (Å²) in [5.74, 6) is 0.481. The third-order valence-electron chi connectivity index (χ3n) is 4.74. The van der Waals surface area contributed by atoms with Crippen LogP contribution in [0.2, 0.25) is 0 Å². The van der Waals surface area contributed by atoms with E-state index in [9.17, 15) is 4.39 Å². The predicted octanol–water partition coefficient (Wildman–Crippen LogP) is 4.87. The molecule has 3 heteroatoms. The number of rotatable bonds is 7. The molecule has 1 atom stereocenters. The minimum absolute atomic E-state index is 0.232. The van der Waals surface area contributed by atoms with E-state index in [0.29, 0.717) is 5.41 Å². The van der Waals surface area contributed by atoms with Crippen molar-refractivity contribution in [2.45, 2.75) is 65.3 Å². The summed E-state index contributed by atoms with van der Waals surface area (Å²) in [4.78, 5) is 4.24. The average Bonchev–Trinajstić information content (AvgIpc) is 2.89. The van der Waals surface area contributed by atoms with Crippen molar-refractivity contribution in [1.29, 1.82) is 0 Å². The van der Waals surface area contributed by atoms with Crippen LogP contribution in [-0.4, -0.2) is 11.5 Å². The van der Waals surface area contributed by atoms with Crippen molar-refractivity contribution >= 4 is 0 Å². The summed E-state index contributed by atoms with van der Waals surface area (Å²) in [7, 11) is 0. The number of aromatic nitrogens is 1. The Bertz CT molecular complexity index is 421. The van der Waals surface area contributed by atoms with Gasteiger partial charge in [0.2, 0.25) is 0 Å². The highest BCUT2D eigenvalue weighted by molar-refractivity contribution is 5.10. The predicted molar refractivity (Wildman–Crippen MR) is 85.6 cm³/mol. The zero-order valence-corrected chi connectivity index (χ0v) is 13.7. The van der Waals surface area contributed by atoms with E-state index in [1.165, 1.54) is 44.4 Å². The Balaban J connectivity index is 1.99. The maximum Gasteiger partial charge on any atom is 0.141 e. The quantitative estimate of drug-likeness (QED) is 0.775. The van der Waals surface area contributed by atoms with Gasteiger partial charge in [0.1, 0.15) is 5.82 Å². The molecular formula is C18H29FN2. The molecule has 0 amide bonds. The molecular weight excluding hydrogens is 263 g/mol. The minimum Gasteiger partial charge on any atom is -0.308 e. The van der Waals surface area contributed by atoms with Crippen LogP contribution in [0.15, 0.2) is 18.3 Å². The molecule has 1 heterocycles. The van der Waals surface area contributed by atoms with Gasteiger partial charge in [-0.1, -0.05) is 33.6 Å². The zero-order chi connectivity index (χ0) is 15.3. The molecule has 1 saturated carbocycles. The topological polar surface area (TPSA) is 24.9 Å². The number of nitrogens with zero attached hydrogens (tertiary/aromatic N) is 1. The van der Waals surface area contributed by atoms with Gasteiger partial charge in [-0.25, -0.2) is 4.39 Å². The van der Waals surface area contributed by atoms with E-state index < -0.39 is 0 Å². The zero-order valence-electron chi connectivity index (χ0n) is 13.7. The molecule has 1 fully saturated rings. The Morgan fingerprint density at radius 2 is 2.00 bits per heavy atom. The molecule has 1 unspecified atom stereocenters. The highest BCUT2D eigenvalue weighted by atomic mass is 19.1. The van der Waals surface area contributed by atoms with Crippen LogP contribution in [-0.2, 0) is 0 Å². The lowest BCUT2D eigenvalue weighted by Crippen LogP contribution is -2.35. The first-order valence-corrected chi connectivity index (χ1v) is 8.39. The van der Waals surface area contributed by atoms with E-state index in [2.05, 4.69) is 31.1 Å². The molecule has 0 spiro atoms. The van der Waals surface area contributed by atoms with Crippen LogP contribution in [0.1, 0.15) is 71.0 Å². The Labute approximate surface area is 128 Å². The first-order chi connectivity index (χ1) is 10.0. The van der Waals surface area contributed by atoms with E-state index in [1.54, 1.807) is 6.07 Å². The molecule has 1 aliphatic rings. The van der Waals surface area contributed by atoms with Gasteiger partial charge in [0.05, 0.1) is 11.9 Å². The third-order valence-corrected chi connectivity index (χ3v) is 4.74. The van der Waals surface area contributed by atoms with Crippen LogP contribution in [0.3, 0.4) is 0 Å². The maximum absolute atomic E-state index is 13.0. The molecule has 1 N–H and O–H groups in total. The molecule has 1 aromatic rings. The van der Waals surface area contributed by atoms with Crippen LogP contribution in [0.25, 0.3) is 0 Å². The van der Waals surface area contributed by atoms with Gasteiger partial charge in [-0.05, 0) is 49.1 Å². The lowest BCUT2D eigenvalue weighted by Gasteiger charge is -2.33. The fraction of sp³-hybridized carbons (Fsp3) is 0.722. The summed E-state index contributed by atoms with van der Waals surface area (Å²) in [6.45, 7) is 7.85. The molecule has 1 aliphatic carbocycles.